The Bertz CT molecular complexity index is 474. The lowest BCUT2D eigenvalue weighted by Gasteiger charge is -2.12. The number of anilines is 2. The minimum Gasteiger partial charge on any atom is -0.382 e. The molecule has 0 saturated heterocycles. The Hall–Kier alpha value is -1.92. The number of rotatable bonds is 7. The third-order valence-corrected chi connectivity index (χ3v) is 2.42. The molecule has 1 aromatic rings. The number of methoxy groups -OCH3 is 1. The first-order valence-electron chi connectivity index (χ1n) is 6.27. The summed E-state index contributed by atoms with van der Waals surface area (Å²) in [5, 5.41) is 5.38. The zero-order valence-corrected chi connectivity index (χ0v) is 12.0. The van der Waals surface area contributed by atoms with E-state index in [-0.39, 0.29) is 18.4 Å². The summed E-state index contributed by atoms with van der Waals surface area (Å²) in [7, 11) is 1.57. The normalized spacial score (nSPS) is 10.2. The Morgan fingerprint density at radius 2 is 1.90 bits per heavy atom. The summed E-state index contributed by atoms with van der Waals surface area (Å²) in [6, 6.07) is 5.40. The van der Waals surface area contributed by atoms with Crippen molar-refractivity contribution in [1.82, 2.24) is 0 Å². The summed E-state index contributed by atoms with van der Waals surface area (Å²) in [5.74, 6) is -0.473. The average Bonchev–Trinajstić information content (AvgIpc) is 2.37. The fourth-order valence-electron chi connectivity index (χ4n) is 1.55. The fraction of sp³-hybridized carbons (Fsp3) is 0.429. The van der Waals surface area contributed by atoms with Crippen molar-refractivity contribution in [2.24, 2.45) is 0 Å². The Morgan fingerprint density at radius 1 is 1.15 bits per heavy atom. The van der Waals surface area contributed by atoms with Gasteiger partial charge in [0, 0.05) is 14.0 Å². The van der Waals surface area contributed by atoms with Gasteiger partial charge in [0.05, 0.1) is 24.6 Å². The summed E-state index contributed by atoms with van der Waals surface area (Å²) < 4.78 is 9.95. The lowest BCUT2D eigenvalue weighted by atomic mass is 10.2. The van der Waals surface area contributed by atoms with Crippen LogP contribution in [0.15, 0.2) is 18.2 Å². The van der Waals surface area contributed by atoms with Crippen LogP contribution < -0.4 is 10.6 Å². The van der Waals surface area contributed by atoms with Gasteiger partial charge >= 0.3 is 0 Å². The zero-order chi connectivity index (χ0) is 15.0. The Kier molecular flexibility index (Phi) is 6.69. The number of amides is 2. The number of benzene rings is 1. The van der Waals surface area contributed by atoms with Crippen molar-refractivity contribution in [1.29, 1.82) is 0 Å². The van der Waals surface area contributed by atoms with Gasteiger partial charge in [-0.3, -0.25) is 9.59 Å². The largest absolute Gasteiger partial charge is 0.382 e. The molecule has 2 amide bonds. The SMILES string of the molecule is COCCOCC(=O)Nc1cc(C)ccc1NC(C)=O. The maximum atomic E-state index is 11.7. The smallest absolute Gasteiger partial charge is 0.250 e. The molecule has 0 aliphatic carbocycles. The molecule has 0 atom stereocenters. The molecule has 20 heavy (non-hydrogen) atoms. The predicted octanol–water partition coefficient (Wildman–Crippen LogP) is 1.55. The third-order valence-electron chi connectivity index (χ3n) is 2.42. The first-order valence-corrected chi connectivity index (χ1v) is 6.27. The Labute approximate surface area is 118 Å². The van der Waals surface area contributed by atoms with Gasteiger partial charge in [-0.1, -0.05) is 6.07 Å². The second kappa shape index (κ2) is 8.29. The molecule has 0 aliphatic rings. The molecule has 110 valence electrons. The summed E-state index contributed by atoms with van der Waals surface area (Å²) in [6.07, 6.45) is 0. The first kappa shape index (κ1) is 16.1. The summed E-state index contributed by atoms with van der Waals surface area (Å²) in [4.78, 5) is 22.9. The van der Waals surface area contributed by atoms with E-state index in [0.29, 0.717) is 24.6 Å². The van der Waals surface area contributed by atoms with Crippen molar-refractivity contribution in [2.45, 2.75) is 13.8 Å². The molecule has 0 bridgehead atoms. The molecular formula is C14H20N2O4. The highest BCUT2D eigenvalue weighted by Crippen LogP contribution is 2.23. The molecule has 0 radical (unpaired) electrons. The molecule has 1 rings (SSSR count). The quantitative estimate of drug-likeness (QED) is 0.743. The fourth-order valence-corrected chi connectivity index (χ4v) is 1.55. The van der Waals surface area contributed by atoms with E-state index in [0.717, 1.165) is 5.56 Å². The lowest BCUT2D eigenvalue weighted by molar-refractivity contribution is -0.121. The Morgan fingerprint density at radius 3 is 2.55 bits per heavy atom. The van der Waals surface area contributed by atoms with E-state index in [2.05, 4.69) is 10.6 Å². The van der Waals surface area contributed by atoms with Crippen molar-refractivity contribution < 1.29 is 19.1 Å². The number of carbonyl (C=O) groups is 2. The van der Waals surface area contributed by atoms with Crippen LogP contribution >= 0.6 is 0 Å². The number of ether oxygens (including phenoxy) is 2. The molecule has 0 aliphatic heterocycles. The minimum atomic E-state index is -0.279. The van der Waals surface area contributed by atoms with E-state index in [4.69, 9.17) is 9.47 Å². The third kappa shape index (κ3) is 5.81. The molecule has 0 unspecified atom stereocenters. The van der Waals surface area contributed by atoms with Crippen LogP contribution in [0.4, 0.5) is 11.4 Å². The van der Waals surface area contributed by atoms with E-state index in [1.165, 1.54) is 6.92 Å². The van der Waals surface area contributed by atoms with Gasteiger partial charge < -0.3 is 20.1 Å². The van der Waals surface area contributed by atoms with Crippen LogP contribution in [-0.4, -0.2) is 38.7 Å². The molecule has 0 fully saturated rings. The van der Waals surface area contributed by atoms with E-state index >= 15 is 0 Å². The van der Waals surface area contributed by atoms with E-state index < -0.39 is 0 Å². The summed E-state index contributed by atoms with van der Waals surface area (Å²) >= 11 is 0. The number of hydrogen-bond donors (Lipinski definition) is 2. The topological polar surface area (TPSA) is 76.7 Å². The second-order valence-electron chi connectivity index (χ2n) is 4.32. The average molecular weight is 280 g/mol. The molecule has 0 spiro atoms. The van der Waals surface area contributed by atoms with Gasteiger partial charge in [-0.05, 0) is 24.6 Å². The molecule has 0 aromatic heterocycles. The number of aryl methyl sites for hydroxylation is 1. The van der Waals surface area contributed by atoms with Crippen molar-refractivity contribution in [3.63, 3.8) is 0 Å². The van der Waals surface area contributed by atoms with Gasteiger partial charge in [-0.15, -0.1) is 0 Å². The molecule has 6 heteroatoms. The number of carbonyl (C=O) groups excluding carboxylic acids is 2. The molecule has 0 heterocycles. The van der Waals surface area contributed by atoms with Gasteiger partial charge in [0.15, 0.2) is 0 Å². The molecular weight excluding hydrogens is 260 g/mol. The van der Waals surface area contributed by atoms with E-state index in [1.807, 2.05) is 13.0 Å². The van der Waals surface area contributed by atoms with Crippen LogP contribution in [0.25, 0.3) is 0 Å². The van der Waals surface area contributed by atoms with Crippen LogP contribution in [0, 0.1) is 6.92 Å². The second-order valence-corrected chi connectivity index (χ2v) is 4.32. The lowest BCUT2D eigenvalue weighted by Crippen LogP contribution is -2.21. The zero-order valence-electron chi connectivity index (χ0n) is 12.0. The minimum absolute atomic E-state index is 0.0587. The molecule has 0 saturated carbocycles. The van der Waals surface area contributed by atoms with Crippen molar-refractivity contribution >= 4 is 23.2 Å². The van der Waals surface area contributed by atoms with Gasteiger partial charge in [0.2, 0.25) is 11.8 Å². The van der Waals surface area contributed by atoms with Crippen molar-refractivity contribution in [3.05, 3.63) is 23.8 Å². The molecule has 2 N–H and O–H groups in total. The maximum Gasteiger partial charge on any atom is 0.250 e. The van der Waals surface area contributed by atoms with Crippen molar-refractivity contribution in [3.8, 4) is 0 Å². The van der Waals surface area contributed by atoms with Gasteiger partial charge in [0.1, 0.15) is 6.61 Å². The molecule has 6 nitrogen and oxygen atoms in total. The predicted molar refractivity (Wildman–Crippen MR) is 76.8 cm³/mol. The van der Waals surface area contributed by atoms with Crippen molar-refractivity contribution in [2.75, 3.05) is 37.6 Å². The Balaban J connectivity index is 2.62. The van der Waals surface area contributed by atoms with Gasteiger partial charge in [0.25, 0.3) is 0 Å². The monoisotopic (exact) mass is 280 g/mol. The maximum absolute atomic E-state index is 11.7. The van der Waals surface area contributed by atoms with Crippen LogP contribution in [0.5, 0.6) is 0 Å². The van der Waals surface area contributed by atoms with Crippen LogP contribution in [-0.2, 0) is 19.1 Å². The highest BCUT2D eigenvalue weighted by atomic mass is 16.5. The van der Waals surface area contributed by atoms with Gasteiger partial charge in [-0.25, -0.2) is 0 Å². The van der Waals surface area contributed by atoms with Crippen LogP contribution in [0.3, 0.4) is 0 Å². The highest BCUT2D eigenvalue weighted by Gasteiger charge is 2.08. The number of hydrogen-bond acceptors (Lipinski definition) is 4. The highest BCUT2D eigenvalue weighted by molar-refractivity contribution is 5.99. The molecule has 1 aromatic carbocycles. The van der Waals surface area contributed by atoms with E-state index in [9.17, 15) is 9.59 Å². The summed E-state index contributed by atoms with van der Waals surface area (Å²) in [6.45, 7) is 4.06. The summed E-state index contributed by atoms with van der Waals surface area (Å²) in [5.41, 5.74) is 2.10. The first-order chi connectivity index (χ1) is 9.52. The van der Waals surface area contributed by atoms with Gasteiger partial charge in [-0.2, -0.15) is 0 Å². The van der Waals surface area contributed by atoms with E-state index in [1.54, 1.807) is 19.2 Å². The van der Waals surface area contributed by atoms with Crippen LogP contribution in [0.2, 0.25) is 0 Å². The standard InChI is InChI=1S/C14H20N2O4/c1-10-4-5-12(15-11(2)17)13(8-10)16-14(18)9-20-7-6-19-3/h4-5,8H,6-7,9H2,1-3H3,(H,15,17)(H,16,18). The van der Waals surface area contributed by atoms with Crippen LogP contribution in [0.1, 0.15) is 12.5 Å². The number of nitrogens with one attached hydrogen (secondary N) is 2.